The number of benzene rings is 2. The van der Waals surface area contributed by atoms with Gasteiger partial charge in [0.15, 0.2) is 0 Å². The molecule has 0 atom stereocenters. The third-order valence-electron chi connectivity index (χ3n) is 4.71. The first-order valence-corrected chi connectivity index (χ1v) is 9.35. The van der Waals surface area contributed by atoms with Crippen LogP contribution in [0.15, 0.2) is 48.7 Å². The van der Waals surface area contributed by atoms with Crippen LogP contribution in [0.25, 0.3) is 22.3 Å². The van der Waals surface area contributed by atoms with Crippen LogP contribution >= 0.6 is 11.6 Å². The maximum Gasteiger partial charge on any atom is 0.417 e. The number of fused-ring (bicyclic) bond motifs is 1. The third kappa shape index (κ3) is 3.80. The molecule has 0 aliphatic rings. The minimum Gasteiger partial charge on any atom is -0.478 e. The van der Waals surface area contributed by atoms with Crippen molar-refractivity contribution >= 4 is 34.5 Å². The van der Waals surface area contributed by atoms with Gasteiger partial charge in [0.25, 0.3) is 5.91 Å². The first kappa shape index (κ1) is 22.3. The topological polar surface area (TPSA) is 85.1 Å². The van der Waals surface area contributed by atoms with E-state index in [4.69, 9.17) is 16.7 Å². The zero-order valence-electron chi connectivity index (χ0n) is 16.0. The Labute approximate surface area is 185 Å². The predicted molar refractivity (Wildman–Crippen MR) is 106 cm³/mol. The largest absolute Gasteiger partial charge is 0.478 e. The minimum atomic E-state index is -4.91. The summed E-state index contributed by atoms with van der Waals surface area (Å²) in [7, 11) is 0. The highest BCUT2D eigenvalue weighted by Crippen LogP contribution is 2.37. The molecule has 2 heterocycles. The number of rotatable bonds is 3. The number of alkyl halides is 3. The highest BCUT2D eigenvalue weighted by molar-refractivity contribution is 6.34. The number of nitrogens with zero attached hydrogens (tertiary/aromatic N) is 3. The van der Waals surface area contributed by atoms with E-state index in [0.29, 0.717) is 22.9 Å². The maximum atomic E-state index is 14.7. The molecule has 4 rings (SSSR count). The summed E-state index contributed by atoms with van der Waals surface area (Å²) in [6, 6.07) is 6.43. The fourth-order valence-corrected chi connectivity index (χ4v) is 3.52. The zero-order valence-corrected chi connectivity index (χ0v) is 16.7. The lowest BCUT2D eigenvalue weighted by Gasteiger charge is -2.13. The van der Waals surface area contributed by atoms with Crippen molar-refractivity contribution in [3.63, 3.8) is 0 Å². The molecule has 0 fully saturated rings. The van der Waals surface area contributed by atoms with Crippen molar-refractivity contribution in [2.75, 3.05) is 0 Å². The summed E-state index contributed by atoms with van der Waals surface area (Å²) in [5.41, 5.74) is -4.29. The smallest absolute Gasteiger partial charge is 0.417 e. The number of aromatic nitrogens is 3. The van der Waals surface area contributed by atoms with Gasteiger partial charge in [-0.1, -0.05) is 17.7 Å². The van der Waals surface area contributed by atoms with Gasteiger partial charge in [0, 0.05) is 11.8 Å². The number of carbonyl (C=O) groups is 2. The van der Waals surface area contributed by atoms with Gasteiger partial charge in [-0.2, -0.15) is 23.0 Å². The molecule has 0 saturated carbocycles. The normalized spacial score (nSPS) is 11.7. The molecule has 6 nitrogen and oxygen atoms in total. The lowest BCUT2D eigenvalue weighted by Crippen LogP contribution is -2.20. The molecule has 33 heavy (non-hydrogen) atoms. The van der Waals surface area contributed by atoms with Gasteiger partial charge < -0.3 is 5.11 Å². The Kier molecular flexibility index (Phi) is 5.36. The van der Waals surface area contributed by atoms with E-state index in [9.17, 15) is 31.5 Å². The Hall–Kier alpha value is -3.86. The van der Waals surface area contributed by atoms with Crippen LogP contribution in [0, 0.1) is 11.6 Å². The minimum absolute atomic E-state index is 0.104. The van der Waals surface area contributed by atoms with E-state index in [2.05, 4.69) is 10.1 Å². The summed E-state index contributed by atoms with van der Waals surface area (Å²) in [5, 5.41) is 12.4. The molecule has 0 aliphatic heterocycles. The van der Waals surface area contributed by atoms with Gasteiger partial charge >= 0.3 is 12.1 Å². The van der Waals surface area contributed by atoms with E-state index in [0.717, 1.165) is 12.1 Å². The van der Waals surface area contributed by atoms with Crippen molar-refractivity contribution in [2.45, 2.75) is 6.18 Å². The molecule has 4 aromatic rings. The summed E-state index contributed by atoms with van der Waals surface area (Å²) in [4.78, 5) is 28.2. The summed E-state index contributed by atoms with van der Waals surface area (Å²) < 4.78 is 69.9. The lowest BCUT2D eigenvalue weighted by atomic mass is 10.1. The number of halogens is 6. The summed E-state index contributed by atoms with van der Waals surface area (Å²) in [6.45, 7) is 0. The maximum absolute atomic E-state index is 14.7. The molecule has 0 unspecified atom stereocenters. The SMILES string of the molecule is O=C(O)c1cc(F)c(-c2nn(C(=O)c3c(Cl)cccc3C(F)(F)F)c3cccnc23)cc1F. The molecule has 0 saturated heterocycles. The van der Waals surface area contributed by atoms with Gasteiger partial charge in [-0.25, -0.2) is 13.6 Å². The second kappa shape index (κ2) is 7.93. The van der Waals surface area contributed by atoms with Crippen LogP contribution in [0.4, 0.5) is 22.0 Å². The molecule has 12 heteroatoms. The van der Waals surface area contributed by atoms with Gasteiger partial charge in [-0.05, 0) is 36.4 Å². The molecule has 1 N–H and O–H groups in total. The molecule has 0 amide bonds. The number of pyridine rings is 1. The molecule has 0 spiro atoms. The van der Waals surface area contributed by atoms with E-state index in [1.807, 2.05) is 0 Å². The first-order valence-electron chi connectivity index (χ1n) is 8.97. The van der Waals surface area contributed by atoms with Crippen molar-refractivity contribution in [2.24, 2.45) is 0 Å². The van der Waals surface area contributed by atoms with Crippen molar-refractivity contribution in [1.82, 2.24) is 14.8 Å². The van der Waals surface area contributed by atoms with E-state index in [-0.39, 0.29) is 16.7 Å². The van der Waals surface area contributed by atoms with Crippen LogP contribution < -0.4 is 0 Å². The van der Waals surface area contributed by atoms with Gasteiger partial charge in [0.1, 0.15) is 22.8 Å². The van der Waals surface area contributed by atoms with Gasteiger partial charge in [0.05, 0.1) is 27.2 Å². The quantitative estimate of drug-likeness (QED) is 0.394. The van der Waals surface area contributed by atoms with Crippen LogP contribution in [0.1, 0.15) is 26.3 Å². The van der Waals surface area contributed by atoms with Crippen molar-refractivity contribution in [1.29, 1.82) is 0 Å². The number of carbonyl (C=O) groups excluding carboxylic acids is 1. The molecule has 0 bridgehead atoms. The summed E-state index contributed by atoms with van der Waals surface area (Å²) in [6.07, 6.45) is -3.67. The lowest BCUT2D eigenvalue weighted by molar-refractivity contribution is -0.137. The predicted octanol–water partition coefficient (Wildman–Crippen LogP) is 5.44. The molecular formula is C21H9ClF5N3O3. The van der Waals surface area contributed by atoms with Crippen LogP contribution in [0.3, 0.4) is 0 Å². The average molecular weight is 482 g/mol. The van der Waals surface area contributed by atoms with Crippen LogP contribution in [0.2, 0.25) is 5.02 Å². The molecule has 0 radical (unpaired) electrons. The number of carboxylic acids is 1. The Bertz CT molecular complexity index is 1450. The van der Waals surface area contributed by atoms with E-state index < -0.39 is 57.0 Å². The number of carboxylic acid groups (broad SMARTS) is 1. The fraction of sp³-hybridized carbons (Fsp3) is 0.0476. The Balaban J connectivity index is 1.97. The van der Waals surface area contributed by atoms with Crippen LogP contribution in [0.5, 0.6) is 0 Å². The Morgan fingerprint density at radius 1 is 1.03 bits per heavy atom. The van der Waals surface area contributed by atoms with Gasteiger partial charge in [-0.3, -0.25) is 9.78 Å². The fourth-order valence-electron chi connectivity index (χ4n) is 3.26. The first-order chi connectivity index (χ1) is 15.5. The standard InChI is InChI=1S/C21H9ClF5N3O3/c22-12-4-1-3-11(21(25,26)27)16(12)19(31)30-15-5-2-6-28-18(15)17(29-30)9-7-14(24)10(20(32)33)8-13(9)23/h1-8H,(H,32,33). The number of hydrogen-bond acceptors (Lipinski definition) is 4. The second-order valence-electron chi connectivity index (χ2n) is 6.71. The monoisotopic (exact) mass is 481 g/mol. The number of aromatic carboxylic acids is 1. The average Bonchev–Trinajstić information content (AvgIpc) is 3.13. The van der Waals surface area contributed by atoms with Crippen molar-refractivity contribution in [3.05, 3.63) is 82.0 Å². The van der Waals surface area contributed by atoms with Crippen LogP contribution in [-0.2, 0) is 6.18 Å². The molecular weight excluding hydrogens is 473 g/mol. The van der Waals surface area contributed by atoms with Gasteiger partial charge in [-0.15, -0.1) is 0 Å². The molecule has 2 aromatic heterocycles. The Morgan fingerprint density at radius 2 is 1.76 bits per heavy atom. The highest BCUT2D eigenvalue weighted by atomic mass is 35.5. The molecule has 168 valence electrons. The third-order valence-corrected chi connectivity index (χ3v) is 5.02. The summed E-state index contributed by atoms with van der Waals surface area (Å²) >= 11 is 5.91. The van der Waals surface area contributed by atoms with Crippen molar-refractivity contribution in [3.8, 4) is 11.3 Å². The van der Waals surface area contributed by atoms with Crippen LogP contribution in [-0.4, -0.2) is 31.7 Å². The van der Waals surface area contributed by atoms with Gasteiger partial charge in [0.2, 0.25) is 0 Å². The summed E-state index contributed by atoms with van der Waals surface area (Å²) in [5.74, 6) is -5.46. The van der Waals surface area contributed by atoms with E-state index >= 15 is 0 Å². The van der Waals surface area contributed by atoms with Crippen molar-refractivity contribution < 1.29 is 36.6 Å². The van der Waals surface area contributed by atoms with E-state index in [1.54, 1.807) is 0 Å². The highest BCUT2D eigenvalue weighted by Gasteiger charge is 2.37. The molecule has 2 aromatic carbocycles. The van der Waals surface area contributed by atoms with E-state index in [1.165, 1.54) is 18.3 Å². The Morgan fingerprint density at radius 3 is 2.42 bits per heavy atom. The zero-order chi connectivity index (χ0) is 24.1. The molecule has 0 aliphatic carbocycles. The second-order valence-corrected chi connectivity index (χ2v) is 7.12. The number of hydrogen-bond donors (Lipinski definition) is 1.